The SMILES string of the molecule is CC.Cc1ccc(Nc2ncc(F)c(Nc3ccc(C)c(C)c3)n2)cc1C. The molecule has 0 unspecified atom stereocenters. The summed E-state index contributed by atoms with van der Waals surface area (Å²) in [5.74, 6) is -0.00978. The highest BCUT2D eigenvalue weighted by Crippen LogP contribution is 2.23. The van der Waals surface area contributed by atoms with Crippen LogP contribution in [0.4, 0.5) is 27.5 Å². The van der Waals surface area contributed by atoms with Crippen molar-refractivity contribution in [2.45, 2.75) is 41.5 Å². The summed E-state index contributed by atoms with van der Waals surface area (Å²) in [7, 11) is 0. The minimum Gasteiger partial charge on any atom is -0.338 e. The second-order valence-electron chi connectivity index (χ2n) is 6.24. The van der Waals surface area contributed by atoms with Gasteiger partial charge in [0.2, 0.25) is 5.95 Å². The van der Waals surface area contributed by atoms with Crippen molar-refractivity contribution < 1.29 is 4.39 Å². The first kappa shape index (κ1) is 20.4. The van der Waals surface area contributed by atoms with E-state index in [1.165, 1.54) is 22.9 Å². The van der Waals surface area contributed by atoms with Crippen molar-refractivity contribution in [2.75, 3.05) is 10.6 Å². The van der Waals surface area contributed by atoms with Gasteiger partial charge in [0.05, 0.1) is 6.20 Å². The maximum absolute atomic E-state index is 14.1. The summed E-state index contributed by atoms with van der Waals surface area (Å²) in [5.41, 5.74) is 6.35. The second kappa shape index (κ2) is 9.12. The molecular weight excluding hydrogens is 339 g/mol. The lowest BCUT2D eigenvalue weighted by molar-refractivity contribution is 0.619. The van der Waals surface area contributed by atoms with E-state index >= 15 is 0 Å². The highest BCUT2D eigenvalue weighted by molar-refractivity contribution is 5.61. The van der Waals surface area contributed by atoms with Crippen molar-refractivity contribution in [2.24, 2.45) is 0 Å². The molecule has 4 nitrogen and oxygen atoms in total. The van der Waals surface area contributed by atoms with Crippen LogP contribution in [0.1, 0.15) is 36.1 Å². The Kier molecular flexibility index (Phi) is 6.88. The number of anilines is 4. The van der Waals surface area contributed by atoms with E-state index in [9.17, 15) is 4.39 Å². The van der Waals surface area contributed by atoms with E-state index in [4.69, 9.17) is 0 Å². The number of aryl methyl sites for hydroxylation is 4. The largest absolute Gasteiger partial charge is 0.338 e. The Morgan fingerprint density at radius 1 is 0.741 bits per heavy atom. The highest BCUT2D eigenvalue weighted by atomic mass is 19.1. The van der Waals surface area contributed by atoms with Crippen LogP contribution < -0.4 is 10.6 Å². The van der Waals surface area contributed by atoms with Crippen LogP contribution in [0.15, 0.2) is 42.6 Å². The topological polar surface area (TPSA) is 49.8 Å². The van der Waals surface area contributed by atoms with Gasteiger partial charge in [-0.3, -0.25) is 0 Å². The summed E-state index contributed by atoms with van der Waals surface area (Å²) in [6.45, 7) is 12.2. The van der Waals surface area contributed by atoms with Gasteiger partial charge < -0.3 is 10.6 Å². The fourth-order valence-electron chi connectivity index (χ4n) is 2.42. The van der Waals surface area contributed by atoms with Gasteiger partial charge in [-0.25, -0.2) is 9.37 Å². The van der Waals surface area contributed by atoms with E-state index in [1.54, 1.807) is 0 Å². The Morgan fingerprint density at radius 3 is 1.78 bits per heavy atom. The van der Waals surface area contributed by atoms with Gasteiger partial charge in [-0.2, -0.15) is 4.98 Å². The van der Waals surface area contributed by atoms with Crippen LogP contribution in [-0.2, 0) is 0 Å². The van der Waals surface area contributed by atoms with Crippen molar-refractivity contribution >= 4 is 23.1 Å². The molecular formula is C22H27FN4. The lowest BCUT2D eigenvalue weighted by Crippen LogP contribution is -2.03. The maximum atomic E-state index is 14.1. The molecule has 3 rings (SSSR count). The Labute approximate surface area is 160 Å². The first-order valence-corrected chi connectivity index (χ1v) is 9.13. The third-order valence-corrected chi connectivity index (χ3v) is 4.28. The molecule has 1 heterocycles. The van der Waals surface area contributed by atoms with Gasteiger partial charge in [-0.05, 0) is 74.2 Å². The van der Waals surface area contributed by atoms with Crippen LogP contribution in [0.25, 0.3) is 0 Å². The normalized spacial score (nSPS) is 10.0. The zero-order valence-electron chi connectivity index (χ0n) is 16.8. The highest BCUT2D eigenvalue weighted by Gasteiger charge is 2.09. The minimum atomic E-state index is -0.496. The van der Waals surface area contributed by atoms with Crippen molar-refractivity contribution in [1.82, 2.24) is 9.97 Å². The van der Waals surface area contributed by atoms with Crippen LogP contribution in [-0.4, -0.2) is 9.97 Å². The quantitative estimate of drug-likeness (QED) is 0.564. The molecule has 0 radical (unpaired) electrons. The molecule has 0 aliphatic heterocycles. The molecule has 142 valence electrons. The maximum Gasteiger partial charge on any atom is 0.229 e. The third-order valence-electron chi connectivity index (χ3n) is 4.28. The van der Waals surface area contributed by atoms with Gasteiger partial charge in [0.15, 0.2) is 11.6 Å². The number of aromatic nitrogens is 2. The summed E-state index contributed by atoms with van der Waals surface area (Å²) in [5, 5.41) is 6.14. The number of benzene rings is 2. The van der Waals surface area contributed by atoms with Crippen LogP contribution in [0, 0.1) is 33.5 Å². The van der Waals surface area contributed by atoms with Gasteiger partial charge >= 0.3 is 0 Å². The van der Waals surface area contributed by atoms with E-state index in [1.807, 2.05) is 71.0 Å². The molecule has 5 heteroatoms. The van der Waals surface area contributed by atoms with Crippen molar-refractivity contribution in [1.29, 1.82) is 0 Å². The molecule has 0 saturated heterocycles. The van der Waals surface area contributed by atoms with Crippen LogP contribution >= 0.6 is 0 Å². The number of hydrogen-bond donors (Lipinski definition) is 2. The Morgan fingerprint density at radius 2 is 1.26 bits per heavy atom. The average molecular weight is 366 g/mol. The average Bonchev–Trinajstić information content (AvgIpc) is 2.66. The number of nitrogens with zero attached hydrogens (tertiary/aromatic N) is 2. The van der Waals surface area contributed by atoms with E-state index in [0.717, 1.165) is 16.9 Å². The molecule has 0 bridgehead atoms. The molecule has 27 heavy (non-hydrogen) atoms. The third kappa shape index (κ3) is 5.26. The first-order valence-electron chi connectivity index (χ1n) is 9.13. The van der Waals surface area contributed by atoms with Gasteiger partial charge in [0.1, 0.15) is 0 Å². The zero-order chi connectivity index (χ0) is 20.0. The fourth-order valence-corrected chi connectivity index (χ4v) is 2.42. The zero-order valence-corrected chi connectivity index (χ0v) is 16.8. The summed E-state index contributed by atoms with van der Waals surface area (Å²) in [4.78, 5) is 8.28. The Bertz CT molecular complexity index is 922. The smallest absolute Gasteiger partial charge is 0.229 e. The summed E-state index contributed by atoms with van der Waals surface area (Å²) in [6, 6.07) is 11.8. The van der Waals surface area contributed by atoms with E-state index in [0.29, 0.717) is 5.95 Å². The number of nitrogens with one attached hydrogen (secondary N) is 2. The summed E-state index contributed by atoms with van der Waals surface area (Å²) in [6.07, 6.45) is 1.17. The van der Waals surface area contributed by atoms with E-state index < -0.39 is 5.82 Å². The molecule has 1 aromatic heterocycles. The lowest BCUT2D eigenvalue weighted by Gasteiger charge is -2.11. The van der Waals surface area contributed by atoms with Gasteiger partial charge in [0, 0.05) is 11.4 Å². The molecule has 3 aromatic rings. The summed E-state index contributed by atoms with van der Waals surface area (Å²) >= 11 is 0. The van der Waals surface area contributed by atoms with E-state index in [2.05, 4.69) is 27.5 Å². The van der Waals surface area contributed by atoms with Crippen molar-refractivity contribution in [3.05, 3.63) is 70.7 Å². The molecule has 0 spiro atoms. The molecule has 0 fully saturated rings. The Balaban J connectivity index is 0.00000126. The molecule has 2 aromatic carbocycles. The minimum absolute atomic E-state index is 0.143. The van der Waals surface area contributed by atoms with Gasteiger partial charge in [-0.15, -0.1) is 0 Å². The fraction of sp³-hybridized carbons (Fsp3) is 0.273. The van der Waals surface area contributed by atoms with Crippen molar-refractivity contribution in [3.63, 3.8) is 0 Å². The number of rotatable bonds is 4. The standard InChI is InChI=1S/C20H21FN4.C2H6/c1-12-5-7-16(9-14(12)3)23-19-18(21)11-22-20(25-19)24-17-8-6-13(2)15(4)10-17;1-2/h5-11H,1-4H3,(H2,22,23,24,25);1-2H3. The lowest BCUT2D eigenvalue weighted by atomic mass is 10.1. The van der Waals surface area contributed by atoms with Crippen LogP contribution in [0.5, 0.6) is 0 Å². The Hall–Kier alpha value is -2.95. The number of hydrogen-bond acceptors (Lipinski definition) is 4. The van der Waals surface area contributed by atoms with E-state index in [-0.39, 0.29) is 5.82 Å². The monoisotopic (exact) mass is 366 g/mol. The first-order chi connectivity index (χ1) is 12.9. The molecule has 0 aliphatic rings. The second-order valence-corrected chi connectivity index (χ2v) is 6.24. The molecule has 0 atom stereocenters. The molecule has 2 N–H and O–H groups in total. The van der Waals surface area contributed by atoms with Crippen molar-refractivity contribution in [3.8, 4) is 0 Å². The van der Waals surface area contributed by atoms with Crippen LogP contribution in [0.3, 0.4) is 0 Å². The van der Waals surface area contributed by atoms with Gasteiger partial charge in [-0.1, -0.05) is 26.0 Å². The predicted molar refractivity (Wildman–Crippen MR) is 112 cm³/mol. The van der Waals surface area contributed by atoms with Gasteiger partial charge in [0.25, 0.3) is 0 Å². The predicted octanol–water partition coefficient (Wildman–Crippen LogP) is 6.36. The molecule has 0 amide bonds. The molecule has 0 saturated carbocycles. The van der Waals surface area contributed by atoms with Crippen LogP contribution in [0.2, 0.25) is 0 Å². The molecule has 0 aliphatic carbocycles. The summed E-state index contributed by atoms with van der Waals surface area (Å²) < 4.78 is 14.1. The number of halogens is 1.